The molecule has 2 aliphatic rings. The molecular weight excluding hydrogens is 406 g/mol. The first-order valence-corrected chi connectivity index (χ1v) is 11.1. The third kappa shape index (κ3) is 3.61. The predicted octanol–water partition coefficient (Wildman–Crippen LogP) is 2.24. The van der Waals surface area contributed by atoms with Crippen LogP contribution in [0.3, 0.4) is 0 Å². The second kappa shape index (κ2) is 7.66. The van der Waals surface area contributed by atoms with E-state index in [-0.39, 0.29) is 27.3 Å². The maximum atomic E-state index is 12.8. The summed E-state index contributed by atoms with van der Waals surface area (Å²) < 4.78 is 27.2. The highest BCUT2D eigenvalue weighted by molar-refractivity contribution is 7.89. The molecule has 1 fully saturated rings. The Kier molecular flexibility index (Phi) is 5.17. The minimum atomic E-state index is -3.61. The lowest BCUT2D eigenvalue weighted by Crippen LogP contribution is -2.39. The fraction of sp³-hybridized carbons (Fsp3) is 0.286. The second-order valence-corrected chi connectivity index (χ2v) is 9.54. The molecule has 0 aromatic heterocycles. The van der Waals surface area contributed by atoms with E-state index in [4.69, 9.17) is 0 Å². The standard InChI is InChI=1S/C21H21N3O5S/c1-13-4-3-11-24(12-13)30(28,29)15-9-7-14(8-10-15)19(25)22-17-6-2-5-16-18(17)21(27)23-20(16)26/h2,5-10,13H,3-4,11-12H2,1H3,(H,22,25)(H,23,26,27)/t13-/m1/s1. The summed E-state index contributed by atoms with van der Waals surface area (Å²) in [5.74, 6) is -1.27. The van der Waals surface area contributed by atoms with Gasteiger partial charge in [-0.2, -0.15) is 4.31 Å². The lowest BCUT2D eigenvalue weighted by molar-refractivity contribution is 0.0879. The van der Waals surface area contributed by atoms with E-state index >= 15 is 0 Å². The van der Waals surface area contributed by atoms with Crippen LogP contribution in [0.2, 0.25) is 0 Å². The summed E-state index contributed by atoms with van der Waals surface area (Å²) in [6.45, 7) is 3.02. The van der Waals surface area contributed by atoms with Gasteiger partial charge in [0.1, 0.15) is 0 Å². The van der Waals surface area contributed by atoms with E-state index in [1.54, 1.807) is 6.07 Å². The maximum Gasteiger partial charge on any atom is 0.261 e. The largest absolute Gasteiger partial charge is 0.321 e. The molecule has 3 amide bonds. The van der Waals surface area contributed by atoms with Gasteiger partial charge in [0.05, 0.1) is 21.7 Å². The number of piperidine rings is 1. The lowest BCUT2D eigenvalue weighted by Gasteiger charge is -2.30. The van der Waals surface area contributed by atoms with Crippen LogP contribution < -0.4 is 10.6 Å². The van der Waals surface area contributed by atoms with Gasteiger partial charge in [-0.25, -0.2) is 8.42 Å². The van der Waals surface area contributed by atoms with Gasteiger partial charge in [-0.1, -0.05) is 13.0 Å². The molecule has 1 saturated heterocycles. The van der Waals surface area contributed by atoms with E-state index in [9.17, 15) is 22.8 Å². The summed E-state index contributed by atoms with van der Waals surface area (Å²) in [7, 11) is -3.61. The number of nitrogens with one attached hydrogen (secondary N) is 2. The Morgan fingerprint density at radius 3 is 2.53 bits per heavy atom. The quantitative estimate of drug-likeness (QED) is 0.727. The van der Waals surface area contributed by atoms with Gasteiger partial charge in [0.25, 0.3) is 17.7 Å². The van der Waals surface area contributed by atoms with Crippen molar-refractivity contribution in [3.05, 3.63) is 59.2 Å². The number of nitrogens with zero attached hydrogens (tertiary/aromatic N) is 1. The van der Waals surface area contributed by atoms with Crippen molar-refractivity contribution in [2.45, 2.75) is 24.7 Å². The summed E-state index contributed by atoms with van der Waals surface area (Å²) in [6.07, 6.45) is 1.84. The molecule has 1 atom stereocenters. The minimum Gasteiger partial charge on any atom is -0.321 e. The van der Waals surface area contributed by atoms with Gasteiger partial charge >= 0.3 is 0 Å². The van der Waals surface area contributed by atoms with Crippen LogP contribution in [0.1, 0.15) is 50.8 Å². The zero-order valence-corrected chi connectivity index (χ0v) is 17.2. The number of benzene rings is 2. The average molecular weight is 427 g/mol. The maximum absolute atomic E-state index is 12.8. The number of carbonyl (C=O) groups excluding carboxylic acids is 3. The third-order valence-corrected chi connectivity index (χ3v) is 7.26. The van der Waals surface area contributed by atoms with Crippen molar-refractivity contribution in [2.75, 3.05) is 18.4 Å². The molecule has 4 rings (SSSR count). The highest BCUT2D eigenvalue weighted by Crippen LogP contribution is 2.26. The van der Waals surface area contributed by atoms with Gasteiger partial charge in [-0.3, -0.25) is 19.7 Å². The van der Waals surface area contributed by atoms with E-state index in [0.29, 0.717) is 19.0 Å². The van der Waals surface area contributed by atoms with E-state index < -0.39 is 27.7 Å². The highest BCUT2D eigenvalue weighted by Gasteiger charge is 2.30. The van der Waals surface area contributed by atoms with E-state index in [1.807, 2.05) is 6.92 Å². The highest BCUT2D eigenvalue weighted by atomic mass is 32.2. The zero-order valence-electron chi connectivity index (χ0n) is 16.3. The number of hydrogen-bond donors (Lipinski definition) is 2. The summed E-state index contributed by atoms with van der Waals surface area (Å²) in [6, 6.07) is 10.3. The first-order valence-electron chi connectivity index (χ1n) is 9.67. The Labute approximate surface area is 174 Å². The van der Waals surface area contributed by atoms with E-state index in [0.717, 1.165) is 12.8 Å². The van der Waals surface area contributed by atoms with Crippen LogP contribution in [-0.2, 0) is 10.0 Å². The monoisotopic (exact) mass is 427 g/mol. The zero-order chi connectivity index (χ0) is 21.5. The van der Waals surface area contributed by atoms with Gasteiger partial charge in [0.15, 0.2) is 0 Å². The smallest absolute Gasteiger partial charge is 0.261 e. The summed E-state index contributed by atoms with van der Waals surface area (Å²) in [4.78, 5) is 36.5. The number of rotatable bonds is 4. The molecule has 2 aliphatic heterocycles. The van der Waals surface area contributed by atoms with Crippen LogP contribution in [0.25, 0.3) is 0 Å². The van der Waals surface area contributed by atoms with Gasteiger partial charge < -0.3 is 5.32 Å². The Balaban J connectivity index is 1.53. The fourth-order valence-corrected chi connectivity index (χ4v) is 5.41. The van der Waals surface area contributed by atoms with Crippen molar-refractivity contribution < 1.29 is 22.8 Å². The summed E-state index contributed by atoms with van der Waals surface area (Å²) in [5.41, 5.74) is 0.785. The SMILES string of the molecule is C[C@@H]1CCCN(S(=O)(=O)c2ccc(C(=O)Nc3cccc4c3C(=O)NC4=O)cc2)C1. The number of anilines is 1. The van der Waals surface area contributed by atoms with Crippen LogP contribution in [0.4, 0.5) is 5.69 Å². The van der Waals surface area contributed by atoms with Gasteiger partial charge in [0.2, 0.25) is 10.0 Å². The molecule has 9 heteroatoms. The summed E-state index contributed by atoms with van der Waals surface area (Å²) >= 11 is 0. The van der Waals surface area contributed by atoms with Crippen LogP contribution in [0.5, 0.6) is 0 Å². The van der Waals surface area contributed by atoms with Crippen molar-refractivity contribution >= 4 is 33.4 Å². The Hall–Kier alpha value is -3.04. The molecule has 2 N–H and O–H groups in total. The van der Waals surface area contributed by atoms with Crippen LogP contribution >= 0.6 is 0 Å². The molecule has 2 aromatic carbocycles. The van der Waals surface area contributed by atoms with Gasteiger partial charge in [0, 0.05) is 18.7 Å². The predicted molar refractivity (Wildman–Crippen MR) is 110 cm³/mol. The van der Waals surface area contributed by atoms with Crippen molar-refractivity contribution in [1.82, 2.24) is 9.62 Å². The molecule has 8 nitrogen and oxygen atoms in total. The van der Waals surface area contributed by atoms with Crippen LogP contribution in [0, 0.1) is 5.92 Å². The van der Waals surface area contributed by atoms with Crippen LogP contribution in [0.15, 0.2) is 47.4 Å². The van der Waals surface area contributed by atoms with Crippen LogP contribution in [-0.4, -0.2) is 43.5 Å². The molecule has 0 aliphatic carbocycles. The fourth-order valence-electron chi connectivity index (χ4n) is 3.81. The first kappa shape index (κ1) is 20.2. The van der Waals surface area contributed by atoms with Crippen molar-refractivity contribution in [2.24, 2.45) is 5.92 Å². The Morgan fingerprint density at radius 2 is 1.83 bits per heavy atom. The summed E-state index contributed by atoms with van der Waals surface area (Å²) in [5, 5.41) is 4.82. The number of hydrogen-bond acceptors (Lipinski definition) is 5. The normalized spacial score (nSPS) is 19.3. The number of fused-ring (bicyclic) bond motifs is 1. The molecule has 0 unspecified atom stereocenters. The second-order valence-electron chi connectivity index (χ2n) is 7.60. The van der Waals surface area contributed by atoms with Gasteiger partial charge in [-0.15, -0.1) is 0 Å². The molecule has 2 aromatic rings. The van der Waals surface area contributed by atoms with Gasteiger partial charge in [-0.05, 0) is 55.2 Å². The number of amides is 3. The van der Waals surface area contributed by atoms with E-state index in [1.165, 1.54) is 40.7 Å². The molecule has 2 heterocycles. The number of imide groups is 1. The average Bonchev–Trinajstić information content (AvgIpc) is 3.02. The molecule has 0 bridgehead atoms. The number of sulfonamides is 1. The van der Waals surface area contributed by atoms with Crippen molar-refractivity contribution in [1.29, 1.82) is 0 Å². The molecule has 0 spiro atoms. The Bertz CT molecular complexity index is 1140. The Morgan fingerprint density at radius 1 is 1.10 bits per heavy atom. The third-order valence-electron chi connectivity index (χ3n) is 5.39. The van der Waals surface area contributed by atoms with E-state index in [2.05, 4.69) is 10.6 Å². The molecule has 156 valence electrons. The van der Waals surface area contributed by atoms with Crippen molar-refractivity contribution in [3.63, 3.8) is 0 Å². The number of carbonyl (C=O) groups is 3. The van der Waals surface area contributed by atoms with Crippen molar-refractivity contribution in [3.8, 4) is 0 Å². The molecule has 0 radical (unpaired) electrons. The molecular formula is C21H21N3O5S. The first-order chi connectivity index (χ1) is 14.3. The molecule has 0 saturated carbocycles. The lowest BCUT2D eigenvalue weighted by atomic mass is 10.0. The topological polar surface area (TPSA) is 113 Å². The molecule has 30 heavy (non-hydrogen) atoms. The minimum absolute atomic E-state index is 0.120.